The molecule has 0 radical (unpaired) electrons. The second kappa shape index (κ2) is 8.89. The van der Waals surface area contributed by atoms with E-state index >= 15 is 0 Å². The van der Waals surface area contributed by atoms with Crippen LogP contribution in [0.4, 0.5) is 0 Å². The van der Waals surface area contributed by atoms with Crippen molar-refractivity contribution in [2.24, 2.45) is 5.41 Å². The van der Waals surface area contributed by atoms with E-state index in [4.69, 9.17) is 14.2 Å². The molecule has 1 atom stereocenters. The van der Waals surface area contributed by atoms with Crippen LogP contribution in [0.1, 0.15) is 30.1 Å². The predicted octanol–water partition coefficient (Wildman–Crippen LogP) is 1.71. The third-order valence-corrected chi connectivity index (χ3v) is 4.75. The van der Waals surface area contributed by atoms with Crippen LogP contribution in [0.25, 0.3) is 0 Å². The molecular formula is C19H28N2O5. The van der Waals surface area contributed by atoms with Crippen molar-refractivity contribution >= 4 is 11.8 Å². The number of nitrogens with one attached hydrogen (secondary N) is 1. The summed E-state index contributed by atoms with van der Waals surface area (Å²) < 4.78 is 15.5. The van der Waals surface area contributed by atoms with Gasteiger partial charge in [-0.15, -0.1) is 0 Å². The molecule has 1 N–H and O–H groups in total. The third-order valence-electron chi connectivity index (χ3n) is 4.75. The summed E-state index contributed by atoms with van der Waals surface area (Å²) in [6.07, 6.45) is 1.54. The van der Waals surface area contributed by atoms with Gasteiger partial charge in [0.05, 0.1) is 26.2 Å². The summed E-state index contributed by atoms with van der Waals surface area (Å²) in [5, 5.41) is 2.89. The molecule has 1 aliphatic rings. The van der Waals surface area contributed by atoms with E-state index in [-0.39, 0.29) is 11.8 Å². The highest BCUT2D eigenvalue weighted by Crippen LogP contribution is 2.32. The van der Waals surface area contributed by atoms with Gasteiger partial charge < -0.3 is 24.4 Å². The van der Waals surface area contributed by atoms with Crippen molar-refractivity contribution in [2.75, 3.05) is 47.6 Å². The molecule has 144 valence electrons. The van der Waals surface area contributed by atoms with E-state index in [2.05, 4.69) is 5.32 Å². The molecule has 0 saturated carbocycles. The number of hydrogen-bond donors (Lipinski definition) is 1. The average Bonchev–Trinajstić information content (AvgIpc) is 2.66. The lowest BCUT2D eigenvalue weighted by Gasteiger charge is -2.39. The zero-order valence-corrected chi connectivity index (χ0v) is 16.0. The smallest absolute Gasteiger partial charge is 0.254 e. The molecule has 2 rings (SSSR count). The highest BCUT2D eigenvalue weighted by Gasteiger charge is 2.39. The zero-order chi connectivity index (χ0) is 19.2. The maximum absolute atomic E-state index is 12.9. The molecule has 2 amide bonds. The fourth-order valence-electron chi connectivity index (χ4n) is 3.23. The fraction of sp³-hybridized carbons (Fsp3) is 0.579. The molecule has 7 nitrogen and oxygen atoms in total. The minimum Gasteiger partial charge on any atom is -0.493 e. The standard InChI is InChI=1S/C19H28N2O5/c1-19(18(23)20-9-11-24-2)8-5-10-21(13-19)17(22)14-6-7-15(25-3)16(12-14)26-4/h6-7,12H,5,8-11,13H2,1-4H3,(H,20,23). The molecule has 0 spiro atoms. The lowest BCUT2D eigenvalue weighted by Crippen LogP contribution is -2.52. The van der Waals surface area contributed by atoms with E-state index < -0.39 is 5.41 Å². The highest BCUT2D eigenvalue weighted by molar-refractivity contribution is 5.95. The van der Waals surface area contributed by atoms with Gasteiger partial charge in [-0.3, -0.25) is 9.59 Å². The molecule has 26 heavy (non-hydrogen) atoms. The Labute approximate surface area is 154 Å². The fourth-order valence-corrected chi connectivity index (χ4v) is 3.23. The quantitative estimate of drug-likeness (QED) is 0.746. The number of hydrogen-bond acceptors (Lipinski definition) is 5. The van der Waals surface area contributed by atoms with Crippen LogP contribution in [0.15, 0.2) is 18.2 Å². The van der Waals surface area contributed by atoms with Crippen molar-refractivity contribution in [1.29, 1.82) is 0 Å². The first kappa shape index (κ1) is 20.0. The van der Waals surface area contributed by atoms with Crippen LogP contribution < -0.4 is 14.8 Å². The first-order valence-corrected chi connectivity index (χ1v) is 8.73. The summed E-state index contributed by atoms with van der Waals surface area (Å²) in [6.45, 7) is 3.86. The molecule has 7 heteroatoms. The summed E-state index contributed by atoms with van der Waals surface area (Å²) in [5.41, 5.74) is -0.0789. The van der Waals surface area contributed by atoms with Crippen LogP contribution in [0.2, 0.25) is 0 Å². The minimum absolute atomic E-state index is 0.0423. The Kier molecular flexibility index (Phi) is 6.85. The molecule has 1 fully saturated rings. The average molecular weight is 364 g/mol. The summed E-state index contributed by atoms with van der Waals surface area (Å²) in [4.78, 5) is 27.2. The normalized spacial score (nSPS) is 19.8. The van der Waals surface area contributed by atoms with Gasteiger partial charge in [0.25, 0.3) is 5.91 Å². The SMILES string of the molecule is COCCNC(=O)C1(C)CCCN(C(=O)c2ccc(OC)c(OC)c2)C1. The lowest BCUT2D eigenvalue weighted by atomic mass is 9.80. The minimum atomic E-state index is -0.599. The molecule has 1 aromatic carbocycles. The largest absolute Gasteiger partial charge is 0.493 e. The van der Waals surface area contributed by atoms with Crippen molar-refractivity contribution in [3.8, 4) is 11.5 Å². The second-order valence-corrected chi connectivity index (χ2v) is 6.71. The molecule has 1 aromatic rings. The van der Waals surface area contributed by atoms with Crippen LogP contribution >= 0.6 is 0 Å². The van der Waals surface area contributed by atoms with Crippen molar-refractivity contribution in [3.05, 3.63) is 23.8 Å². The monoisotopic (exact) mass is 364 g/mol. The van der Waals surface area contributed by atoms with Crippen molar-refractivity contribution in [2.45, 2.75) is 19.8 Å². The number of piperidine rings is 1. The van der Waals surface area contributed by atoms with Gasteiger partial charge in [0, 0.05) is 32.3 Å². The van der Waals surface area contributed by atoms with Gasteiger partial charge >= 0.3 is 0 Å². The molecule has 1 saturated heterocycles. The van der Waals surface area contributed by atoms with E-state index in [1.807, 2.05) is 6.92 Å². The van der Waals surface area contributed by atoms with E-state index in [1.165, 1.54) is 7.11 Å². The highest BCUT2D eigenvalue weighted by atomic mass is 16.5. The van der Waals surface area contributed by atoms with E-state index in [1.54, 1.807) is 37.3 Å². The Morgan fingerprint density at radius 1 is 1.19 bits per heavy atom. The summed E-state index contributed by atoms with van der Waals surface area (Å²) in [6, 6.07) is 5.10. The number of methoxy groups -OCH3 is 3. The number of benzene rings is 1. The zero-order valence-electron chi connectivity index (χ0n) is 16.0. The van der Waals surface area contributed by atoms with Crippen molar-refractivity contribution < 1.29 is 23.8 Å². The maximum atomic E-state index is 12.9. The number of carbonyl (C=O) groups excluding carboxylic acids is 2. The number of rotatable bonds is 7. The summed E-state index contributed by atoms with van der Waals surface area (Å²) >= 11 is 0. The molecular weight excluding hydrogens is 336 g/mol. The van der Waals surface area contributed by atoms with Crippen molar-refractivity contribution in [1.82, 2.24) is 10.2 Å². The number of carbonyl (C=O) groups is 2. The van der Waals surface area contributed by atoms with Crippen LogP contribution in [-0.2, 0) is 9.53 Å². The van der Waals surface area contributed by atoms with E-state index in [9.17, 15) is 9.59 Å². The first-order chi connectivity index (χ1) is 12.4. The lowest BCUT2D eigenvalue weighted by molar-refractivity contribution is -0.132. The Morgan fingerprint density at radius 2 is 1.92 bits per heavy atom. The van der Waals surface area contributed by atoms with Gasteiger partial charge in [0.2, 0.25) is 5.91 Å². The van der Waals surface area contributed by atoms with E-state index in [0.717, 1.165) is 12.8 Å². The topological polar surface area (TPSA) is 77.1 Å². The summed E-state index contributed by atoms with van der Waals surface area (Å²) in [7, 11) is 4.68. The van der Waals surface area contributed by atoms with Gasteiger partial charge in [-0.1, -0.05) is 0 Å². The first-order valence-electron chi connectivity index (χ1n) is 8.73. The third kappa shape index (κ3) is 4.46. The van der Waals surface area contributed by atoms with Gasteiger partial charge in [-0.25, -0.2) is 0 Å². The summed E-state index contributed by atoms with van der Waals surface area (Å²) in [5.74, 6) is 0.932. The maximum Gasteiger partial charge on any atom is 0.254 e. The molecule has 0 aromatic heterocycles. The molecule has 1 heterocycles. The van der Waals surface area contributed by atoms with Gasteiger partial charge in [-0.05, 0) is 38.0 Å². The van der Waals surface area contributed by atoms with E-state index in [0.29, 0.717) is 43.3 Å². The number of amides is 2. The van der Waals surface area contributed by atoms with Gasteiger partial charge in [0.15, 0.2) is 11.5 Å². The Morgan fingerprint density at radius 3 is 2.58 bits per heavy atom. The Bertz CT molecular complexity index is 649. The molecule has 1 unspecified atom stereocenters. The van der Waals surface area contributed by atoms with Crippen LogP contribution in [0.5, 0.6) is 11.5 Å². The van der Waals surface area contributed by atoms with Crippen LogP contribution in [0, 0.1) is 5.41 Å². The molecule has 1 aliphatic heterocycles. The number of ether oxygens (including phenoxy) is 3. The van der Waals surface area contributed by atoms with Gasteiger partial charge in [0.1, 0.15) is 0 Å². The van der Waals surface area contributed by atoms with Crippen molar-refractivity contribution in [3.63, 3.8) is 0 Å². The molecule has 0 aliphatic carbocycles. The van der Waals surface area contributed by atoms with Gasteiger partial charge in [-0.2, -0.15) is 0 Å². The predicted molar refractivity (Wildman–Crippen MR) is 97.7 cm³/mol. The Balaban J connectivity index is 2.11. The number of likely N-dealkylation sites (tertiary alicyclic amines) is 1. The Hall–Kier alpha value is -2.28. The second-order valence-electron chi connectivity index (χ2n) is 6.71. The van der Waals surface area contributed by atoms with Crippen LogP contribution in [-0.4, -0.2) is 64.3 Å². The number of nitrogens with zero attached hydrogens (tertiary/aromatic N) is 1. The molecule has 0 bridgehead atoms. The van der Waals surface area contributed by atoms with Crippen LogP contribution in [0.3, 0.4) is 0 Å².